The van der Waals surface area contributed by atoms with Gasteiger partial charge in [0, 0.05) is 42.5 Å². The second-order valence-corrected chi connectivity index (χ2v) is 8.85. The van der Waals surface area contributed by atoms with E-state index in [0.29, 0.717) is 6.54 Å². The van der Waals surface area contributed by atoms with Crippen molar-refractivity contribution < 1.29 is 9.59 Å². The van der Waals surface area contributed by atoms with Crippen LogP contribution in [0.15, 0.2) is 77.8 Å². The summed E-state index contributed by atoms with van der Waals surface area (Å²) in [6.45, 7) is 4.94. The molecule has 154 valence electrons. The van der Waals surface area contributed by atoms with E-state index in [1.54, 1.807) is 11.8 Å². The van der Waals surface area contributed by atoms with Crippen molar-refractivity contribution in [2.24, 2.45) is 0 Å². The van der Waals surface area contributed by atoms with Gasteiger partial charge in [0.25, 0.3) is 0 Å². The fraction of sp³-hybridized carbons (Fsp3) is 0.250. The average Bonchev–Trinajstić information content (AvgIpc) is 3.23. The molecule has 2 aromatic carbocycles. The first-order valence-corrected chi connectivity index (χ1v) is 11.0. The van der Waals surface area contributed by atoms with Gasteiger partial charge in [0.15, 0.2) is 0 Å². The van der Waals surface area contributed by atoms with Crippen molar-refractivity contribution >= 4 is 29.3 Å². The molecule has 30 heavy (non-hydrogen) atoms. The Labute approximate surface area is 181 Å². The SMILES string of the molecule is CC(=O)Nc1ccc(SC(C)C(=O)N2CCn3cccc3C2c2ccccc2)cc1. The molecule has 3 aromatic rings. The van der Waals surface area contributed by atoms with Crippen LogP contribution >= 0.6 is 11.8 Å². The Morgan fingerprint density at radius 3 is 2.43 bits per heavy atom. The van der Waals surface area contributed by atoms with Gasteiger partial charge in [-0.2, -0.15) is 0 Å². The summed E-state index contributed by atoms with van der Waals surface area (Å²) in [6, 6.07) is 21.9. The third kappa shape index (κ3) is 4.28. The van der Waals surface area contributed by atoms with E-state index in [4.69, 9.17) is 0 Å². The number of nitrogens with zero attached hydrogens (tertiary/aromatic N) is 2. The lowest BCUT2D eigenvalue weighted by Gasteiger charge is -2.38. The molecule has 0 bridgehead atoms. The number of carbonyl (C=O) groups is 2. The van der Waals surface area contributed by atoms with Crippen LogP contribution in [0.5, 0.6) is 0 Å². The molecule has 2 unspecified atom stereocenters. The molecule has 1 aliphatic heterocycles. The monoisotopic (exact) mass is 419 g/mol. The Kier molecular flexibility index (Phi) is 5.95. The first kappa shape index (κ1) is 20.3. The molecule has 0 aliphatic carbocycles. The van der Waals surface area contributed by atoms with Crippen LogP contribution in [0.1, 0.15) is 31.1 Å². The highest BCUT2D eigenvalue weighted by Crippen LogP contribution is 2.35. The van der Waals surface area contributed by atoms with Crippen LogP contribution < -0.4 is 5.32 Å². The zero-order chi connectivity index (χ0) is 21.1. The largest absolute Gasteiger partial charge is 0.348 e. The molecule has 1 aliphatic rings. The smallest absolute Gasteiger partial charge is 0.236 e. The van der Waals surface area contributed by atoms with Crippen LogP contribution in [0.3, 0.4) is 0 Å². The van der Waals surface area contributed by atoms with E-state index >= 15 is 0 Å². The van der Waals surface area contributed by atoms with Gasteiger partial charge < -0.3 is 14.8 Å². The van der Waals surface area contributed by atoms with Crippen molar-refractivity contribution in [3.8, 4) is 0 Å². The highest BCUT2D eigenvalue weighted by atomic mass is 32.2. The van der Waals surface area contributed by atoms with Crippen molar-refractivity contribution in [3.05, 3.63) is 84.2 Å². The fourth-order valence-corrected chi connectivity index (χ4v) is 4.85. The number of nitrogens with one attached hydrogen (secondary N) is 1. The fourth-order valence-electron chi connectivity index (χ4n) is 3.92. The van der Waals surface area contributed by atoms with Crippen LogP contribution in [0.25, 0.3) is 0 Å². The first-order chi connectivity index (χ1) is 14.5. The summed E-state index contributed by atoms with van der Waals surface area (Å²) in [5, 5.41) is 2.55. The Morgan fingerprint density at radius 2 is 1.73 bits per heavy atom. The lowest BCUT2D eigenvalue weighted by Crippen LogP contribution is -2.45. The topological polar surface area (TPSA) is 54.3 Å². The van der Waals surface area contributed by atoms with Crippen LogP contribution in [-0.2, 0) is 16.1 Å². The van der Waals surface area contributed by atoms with Gasteiger partial charge in [0.1, 0.15) is 0 Å². The number of aromatic nitrogens is 1. The zero-order valence-electron chi connectivity index (χ0n) is 17.1. The van der Waals surface area contributed by atoms with Crippen LogP contribution in [0.2, 0.25) is 0 Å². The first-order valence-electron chi connectivity index (χ1n) is 10.1. The third-order valence-electron chi connectivity index (χ3n) is 5.27. The van der Waals surface area contributed by atoms with E-state index in [-0.39, 0.29) is 23.1 Å². The van der Waals surface area contributed by atoms with Crippen molar-refractivity contribution in [1.82, 2.24) is 9.47 Å². The minimum Gasteiger partial charge on any atom is -0.348 e. The van der Waals surface area contributed by atoms with E-state index in [1.165, 1.54) is 6.92 Å². The summed E-state index contributed by atoms with van der Waals surface area (Å²) < 4.78 is 2.24. The van der Waals surface area contributed by atoms with Gasteiger partial charge in [0.05, 0.1) is 11.3 Å². The summed E-state index contributed by atoms with van der Waals surface area (Å²) in [5.41, 5.74) is 3.03. The summed E-state index contributed by atoms with van der Waals surface area (Å²) in [4.78, 5) is 27.7. The molecule has 0 spiro atoms. The molecule has 2 atom stereocenters. The normalized spacial score (nSPS) is 16.6. The van der Waals surface area contributed by atoms with Gasteiger partial charge in [-0.25, -0.2) is 0 Å². The molecule has 2 amide bonds. The van der Waals surface area contributed by atoms with E-state index in [9.17, 15) is 9.59 Å². The Bertz CT molecular complexity index is 1030. The Hall–Kier alpha value is -2.99. The number of fused-ring (bicyclic) bond motifs is 1. The number of hydrogen-bond donors (Lipinski definition) is 1. The number of carbonyl (C=O) groups excluding carboxylic acids is 2. The van der Waals surface area contributed by atoms with Crippen molar-refractivity contribution in [2.75, 3.05) is 11.9 Å². The van der Waals surface area contributed by atoms with Gasteiger partial charge >= 0.3 is 0 Å². The maximum atomic E-state index is 13.5. The summed E-state index contributed by atoms with van der Waals surface area (Å²) in [5.74, 6) is 0.0352. The molecule has 1 N–H and O–H groups in total. The molecule has 1 aromatic heterocycles. The molecule has 0 radical (unpaired) electrons. The van der Waals surface area contributed by atoms with Gasteiger partial charge in [-0.15, -0.1) is 11.8 Å². The van der Waals surface area contributed by atoms with Gasteiger partial charge in [-0.1, -0.05) is 30.3 Å². The molecule has 6 heteroatoms. The highest BCUT2D eigenvalue weighted by Gasteiger charge is 2.34. The Balaban J connectivity index is 1.53. The van der Waals surface area contributed by atoms with Crippen molar-refractivity contribution in [2.45, 2.75) is 36.6 Å². The molecule has 4 rings (SSSR count). The lowest BCUT2D eigenvalue weighted by molar-refractivity contribution is -0.133. The van der Waals surface area contributed by atoms with Gasteiger partial charge in [-0.05, 0) is 48.9 Å². The summed E-state index contributed by atoms with van der Waals surface area (Å²) in [7, 11) is 0. The maximum absolute atomic E-state index is 13.5. The van der Waals surface area contributed by atoms with Gasteiger partial charge in [0.2, 0.25) is 11.8 Å². The van der Waals surface area contributed by atoms with E-state index < -0.39 is 0 Å². The third-order valence-corrected chi connectivity index (χ3v) is 6.37. The molecule has 0 fully saturated rings. The number of benzene rings is 2. The highest BCUT2D eigenvalue weighted by molar-refractivity contribution is 8.00. The van der Waals surface area contributed by atoms with Crippen molar-refractivity contribution in [1.29, 1.82) is 0 Å². The minimum absolute atomic E-state index is 0.0763. The second-order valence-electron chi connectivity index (χ2n) is 7.44. The average molecular weight is 420 g/mol. The predicted octanol–water partition coefficient (Wildman–Crippen LogP) is 4.56. The number of hydrogen-bond acceptors (Lipinski definition) is 3. The lowest BCUT2D eigenvalue weighted by atomic mass is 9.99. The molecule has 0 saturated carbocycles. The molecular formula is C24H25N3O2S. The molecule has 2 heterocycles. The maximum Gasteiger partial charge on any atom is 0.236 e. The number of anilines is 1. The van der Waals surface area contributed by atoms with E-state index in [0.717, 1.165) is 28.4 Å². The minimum atomic E-state index is -0.218. The van der Waals surface area contributed by atoms with Crippen LogP contribution in [-0.4, -0.2) is 33.1 Å². The van der Waals surface area contributed by atoms with E-state index in [1.807, 2.05) is 60.4 Å². The molecule has 5 nitrogen and oxygen atoms in total. The quantitative estimate of drug-likeness (QED) is 0.617. The number of rotatable bonds is 5. The standard InChI is InChI=1S/C24H25N3O2S/c1-17(30-21-12-10-20(11-13-21)25-18(2)28)24(29)27-16-15-26-14-6-9-22(26)23(27)19-7-4-3-5-8-19/h3-14,17,23H,15-16H2,1-2H3,(H,25,28). The molecular weight excluding hydrogens is 394 g/mol. The predicted molar refractivity (Wildman–Crippen MR) is 120 cm³/mol. The Morgan fingerprint density at radius 1 is 1.00 bits per heavy atom. The van der Waals surface area contributed by atoms with Gasteiger partial charge in [-0.3, -0.25) is 9.59 Å². The number of amides is 2. The zero-order valence-corrected chi connectivity index (χ0v) is 17.9. The van der Waals surface area contributed by atoms with Crippen molar-refractivity contribution in [3.63, 3.8) is 0 Å². The summed E-state index contributed by atoms with van der Waals surface area (Å²) in [6.07, 6.45) is 2.09. The second kappa shape index (κ2) is 8.79. The molecule has 0 saturated heterocycles. The number of thioether (sulfide) groups is 1. The summed E-state index contributed by atoms with van der Waals surface area (Å²) >= 11 is 1.54. The van der Waals surface area contributed by atoms with Crippen LogP contribution in [0.4, 0.5) is 5.69 Å². The van der Waals surface area contributed by atoms with E-state index in [2.05, 4.69) is 34.3 Å². The van der Waals surface area contributed by atoms with Crippen LogP contribution in [0, 0.1) is 0 Å².